The third-order valence-electron chi connectivity index (χ3n) is 4.81. The number of carbonyl (C=O) groups is 1. The second kappa shape index (κ2) is 8.07. The minimum atomic E-state index is -4.52. The maximum Gasteiger partial charge on any atom is 0.410 e. The van der Waals surface area contributed by atoms with E-state index in [1.807, 2.05) is 0 Å². The van der Waals surface area contributed by atoms with Crippen LogP contribution >= 0.6 is 31.9 Å². The number of carbonyl (C=O) groups excluding carboxylic acids is 1. The second-order valence-electron chi connectivity index (χ2n) is 6.82. The topological polar surface area (TPSA) is 59.0 Å². The van der Waals surface area contributed by atoms with Crippen molar-refractivity contribution in [2.24, 2.45) is 0 Å². The van der Waals surface area contributed by atoms with Gasteiger partial charge in [-0.3, -0.25) is 4.79 Å². The summed E-state index contributed by atoms with van der Waals surface area (Å²) in [5, 5.41) is 9.76. The largest absolute Gasteiger partial charge is 0.410 e. The Morgan fingerprint density at radius 2 is 1.77 bits per heavy atom. The van der Waals surface area contributed by atoms with Gasteiger partial charge in [-0.25, -0.2) is 4.68 Å². The molecule has 0 spiro atoms. The zero-order valence-corrected chi connectivity index (χ0v) is 18.4. The molecule has 2 aromatic carbocycles. The Labute approximate surface area is 186 Å². The van der Waals surface area contributed by atoms with Gasteiger partial charge in [0.05, 0.1) is 10.5 Å². The number of halogens is 5. The average molecular weight is 544 g/mol. The first-order chi connectivity index (χ1) is 14.2. The summed E-state index contributed by atoms with van der Waals surface area (Å²) in [5.74, 6) is -0.483. The van der Waals surface area contributed by atoms with Crippen LogP contribution in [0.25, 0.3) is 0 Å². The van der Waals surface area contributed by atoms with Crippen molar-refractivity contribution in [2.75, 3.05) is 10.6 Å². The Hall–Kier alpha value is -2.33. The number of fused-ring (bicyclic) bond motifs is 1. The van der Waals surface area contributed by atoms with E-state index in [9.17, 15) is 18.0 Å². The Morgan fingerprint density at radius 3 is 2.40 bits per heavy atom. The maximum atomic E-state index is 13.8. The molecular formula is C20H15Br2F3N4O. The summed E-state index contributed by atoms with van der Waals surface area (Å²) in [4.78, 5) is 12.7. The first kappa shape index (κ1) is 20.9. The van der Waals surface area contributed by atoms with Crippen LogP contribution < -0.4 is 10.6 Å². The quantitative estimate of drug-likeness (QED) is 0.406. The first-order valence-corrected chi connectivity index (χ1v) is 10.6. The number of anilines is 2. The van der Waals surface area contributed by atoms with E-state index in [0.717, 1.165) is 14.7 Å². The van der Waals surface area contributed by atoms with E-state index in [1.165, 1.54) is 0 Å². The predicted octanol–water partition coefficient (Wildman–Crippen LogP) is 6.32. The molecule has 2 heterocycles. The molecule has 0 bridgehead atoms. The second-order valence-corrected chi connectivity index (χ2v) is 8.53. The monoisotopic (exact) mass is 542 g/mol. The molecule has 4 rings (SSSR count). The van der Waals surface area contributed by atoms with Gasteiger partial charge in [-0.1, -0.05) is 46.3 Å². The van der Waals surface area contributed by atoms with Crippen molar-refractivity contribution in [2.45, 2.75) is 24.7 Å². The van der Waals surface area contributed by atoms with Crippen molar-refractivity contribution in [3.63, 3.8) is 0 Å². The van der Waals surface area contributed by atoms with Crippen LogP contribution in [0.3, 0.4) is 0 Å². The van der Waals surface area contributed by atoms with E-state index >= 15 is 0 Å². The normalized spacial score (nSPS) is 18.4. The van der Waals surface area contributed by atoms with Gasteiger partial charge in [0.2, 0.25) is 0 Å². The lowest BCUT2D eigenvalue weighted by molar-refractivity contribution is -0.173. The summed E-state index contributed by atoms with van der Waals surface area (Å²) in [6, 6.07) is 13.3. The van der Waals surface area contributed by atoms with E-state index < -0.39 is 24.2 Å². The highest BCUT2D eigenvalue weighted by molar-refractivity contribution is 9.11. The number of hydrogen-bond donors (Lipinski definition) is 2. The fourth-order valence-electron chi connectivity index (χ4n) is 3.36. The van der Waals surface area contributed by atoms with Crippen LogP contribution in [0.2, 0.25) is 0 Å². The third kappa shape index (κ3) is 4.11. The van der Waals surface area contributed by atoms with E-state index in [4.69, 9.17) is 0 Å². The zero-order valence-electron chi connectivity index (χ0n) is 15.3. The molecule has 0 radical (unpaired) electrons. The molecule has 1 aromatic heterocycles. The fourth-order valence-corrected chi connectivity index (χ4v) is 4.18. The number of alkyl halides is 3. The lowest BCUT2D eigenvalue weighted by Crippen LogP contribution is -2.35. The number of amides is 1. The molecule has 5 nitrogen and oxygen atoms in total. The number of benzene rings is 2. The molecule has 0 aliphatic carbocycles. The number of hydrogen-bond acceptors (Lipinski definition) is 3. The smallest absolute Gasteiger partial charge is 0.362 e. The Kier molecular flexibility index (Phi) is 5.63. The molecule has 0 saturated heterocycles. The van der Waals surface area contributed by atoms with Gasteiger partial charge in [0.1, 0.15) is 5.82 Å². The lowest BCUT2D eigenvalue weighted by Gasteiger charge is -2.33. The van der Waals surface area contributed by atoms with Gasteiger partial charge in [-0.05, 0) is 45.8 Å². The van der Waals surface area contributed by atoms with Crippen LogP contribution in [0, 0.1) is 0 Å². The van der Waals surface area contributed by atoms with Crippen LogP contribution in [-0.2, 0) is 0 Å². The van der Waals surface area contributed by atoms with Crippen molar-refractivity contribution in [1.29, 1.82) is 0 Å². The SMILES string of the molecule is O=C(Nc1ccc(Br)cc1)c1nn2c(c1Br)N[C@@H](c1ccccc1)C[C@H]2C(F)(F)F. The van der Waals surface area contributed by atoms with Crippen molar-refractivity contribution < 1.29 is 18.0 Å². The van der Waals surface area contributed by atoms with Gasteiger partial charge in [0.15, 0.2) is 11.7 Å². The molecule has 0 saturated carbocycles. The van der Waals surface area contributed by atoms with Crippen molar-refractivity contribution in [3.05, 3.63) is 74.8 Å². The van der Waals surface area contributed by atoms with Crippen LogP contribution in [0.4, 0.5) is 24.7 Å². The standard InChI is InChI=1S/C20H15Br2F3N4O/c21-12-6-8-13(9-7-12)26-19(30)17-16(22)18-27-14(11-4-2-1-3-5-11)10-15(20(23,24)25)29(18)28-17/h1-9,14-15,27H,10H2,(H,26,30)/t14-,15+/m1/s1. The van der Waals surface area contributed by atoms with Gasteiger partial charge in [0, 0.05) is 16.6 Å². The van der Waals surface area contributed by atoms with E-state index in [0.29, 0.717) is 5.69 Å². The number of aromatic nitrogens is 2. The van der Waals surface area contributed by atoms with Gasteiger partial charge >= 0.3 is 6.18 Å². The van der Waals surface area contributed by atoms with Crippen LogP contribution in [0.15, 0.2) is 63.5 Å². The highest BCUT2D eigenvalue weighted by atomic mass is 79.9. The maximum absolute atomic E-state index is 13.8. The summed E-state index contributed by atoms with van der Waals surface area (Å²) >= 11 is 6.58. The highest BCUT2D eigenvalue weighted by Gasteiger charge is 2.47. The molecule has 2 atom stereocenters. The summed E-state index contributed by atoms with van der Waals surface area (Å²) in [5.41, 5.74) is 1.11. The number of nitrogens with zero attached hydrogens (tertiary/aromatic N) is 2. The average Bonchev–Trinajstić information content (AvgIpc) is 3.05. The minimum Gasteiger partial charge on any atom is -0.362 e. The summed E-state index contributed by atoms with van der Waals surface area (Å²) in [6.07, 6.45) is -4.75. The molecule has 3 aromatic rings. The first-order valence-electron chi connectivity index (χ1n) is 8.97. The van der Waals surface area contributed by atoms with E-state index in [-0.39, 0.29) is 22.4 Å². The van der Waals surface area contributed by atoms with Gasteiger partial charge in [0.25, 0.3) is 5.91 Å². The Morgan fingerprint density at radius 1 is 1.10 bits per heavy atom. The van der Waals surface area contributed by atoms with Gasteiger partial charge in [-0.2, -0.15) is 18.3 Å². The molecule has 10 heteroatoms. The van der Waals surface area contributed by atoms with Gasteiger partial charge in [-0.15, -0.1) is 0 Å². The third-order valence-corrected chi connectivity index (χ3v) is 6.09. The predicted molar refractivity (Wildman–Crippen MR) is 115 cm³/mol. The molecule has 1 aliphatic heterocycles. The molecule has 0 unspecified atom stereocenters. The van der Waals surface area contributed by atoms with Crippen LogP contribution in [0.5, 0.6) is 0 Å². The van der Waals surface area contributed by atoms with Crippen molar-refractivity contribution >= 4 is 49.3 Å². The highest BCUT2D eigenvalue weighted by Crippen LogP contribution is 2.46. The summed E-state index contributed by atoms with van der Waals surface area (Å²) < 4.78 is 43.4. The number of rotatable bonds is 3. The Balaban J connectivity index is 1.69. The van der Waals surface area contributed by atoms with E-state index in [1.54, 1.807) is 54.6 Å². The molecule has 1 aliphatic rings. The van der Waals surface area contributed by atoms with Crippen molar-refractivity contribution in [1.82, 2.24) is 9.78 Å². The summed E-state index contributed by atoms with van der Waals surface area (Å²) in [7, 11) is 0. The molecule has 156 valence electrons. The molecule has 2 N–H and O–H groups in total. The fraction of sp³-hybridized carbons (Fsp3) is 0.200. The molecule has 30 heavy (non-hydrogen) atoms. The van der Waals surface area contributed by atoms with E-state index in [2.05, 4.69) is 47.6 Å². The Bertz CT molecular complexity index is 1070. The lowest BCUT2D eigenvalue weighted by atomic mass is 9.97. The molecule has 1 amide bonds. The van der Waals surface area contributed by atoms with Gasteiger partial charge < -0.3 is 10.6 Å². The molecular weight excluding hydrogens is 529 g/mol. The van der Waals surface area contributed by atoms with Crippen LogP contribution in [-0.4, -0.2) is 21.9 Å². The van der Waals surface area contributed by atoms with Crippen molar-refractivity contribution in [3.8, 4) is 0 Å². The van der Waals surface area contributed by atoms with Crippen LogP contribution in [0.1, 0.15) is 34.6 Å². The molecule has 0 fully saturated rings. The summed E-state index contributed by atoms with van der Waals surface area (Å²) in [6.45, 7) is 0. The number of nitrogens with one attached hydrogen (secondary N) is 2. The minimum absolute atomic E-state index is 0.122. The zero-order chi connectivity index (χ0) is 21.5.